The van der Waals surface area contributed by atoms with Gasteiger partial charge in [-0.25, -0.2) is 0 Å². The highest BCUT2D eigenvalue weighted by molar-refractivity contribution is 6.01. The summed E-state index contributed by atoms with van der Waals surface area (Å²) in [6.07, 6.45) is 13.9. The number of carbonyl (C=O) groups is 2. The molecule has 0 saturated heterocycles. The third-order valence-corrected chi connectivity index (χ3v) is 6.83. The lowest BCUT2D eigenvalue weighted by atomic mass is 9.48. The summed E-state index contributed by atoms with van der Waals surface area (Å²) in [6, 6.07) is 0. The first-order chi connectivity index (χ1) is 9.95. The van der Waals surface area contributed by atoms with Crippen molar-refractivity contribution in [3.05, 3.63) is 36.0 Å². The predicted octanol–water partition coefficient (Wildman–Crippen LogP) is 3.64. The highest BCUT2D eigenvalue weighted by atomic mass is 16.1. The summed E-state index contributed by atoms with van der Waals surface area (Å²) in [7, 11) is 0. The Morgan fingerprint density at radius 2 is 1.95 bits per heavy atom. The average molecular weight is 282 g/mol. The van der Waals surface area contributed by atoms with Gasteiger partial charge >= 0.3 is 0 Å². The fourth-order valence-corrected chi connectivity index (χ4v) is 5.47. The summed E-state index contributed by atoms with van der Waals surface area (Å²) in [6.45, 7) is 4.45. The molecule has 0 N–H and O–H groups in total. The third kappa shape index (κ3) is 1.59. The van der Waals surface area contributed by atoms with E-state index < -0.39 is 0 Å². The van der Waals surface area contributed by atoms with Crippen LogP contribution in [0.4, 0.5) is 0 Å². The SMILES string of the molecule is C[C@]12C=CC(=O)C=C1CC[C@@H]1[C@@H]2CC[C@]2(C)C(=O)C=C[C@@H]12. The maximum absolute atomic E-state index is 12.3. The van der Waals surface area contributed by atoms with Crippen molar-refractivity contribution in [1.29, 1.82) is 0 Å². The molecule has 0 aromatic rings. The van der Waals surface area contributed by atoms with Crippen LogP contribution in [0.2, 0.25) is 0 Å². The monoisotopic (exact) mass is 282 g/mol. The van der Waals surface area contributed by atoms with Crippen molar-refractivity contribution in [2.75, 3.05) is 0 Å². The normalized spacial score (nSPS) is 47.7. The molecule has 0 radical (unpaired) electrons. The summed E-state index contributed by atoms with van der Waals surface area (Å²) in [5, 5.41) is 0. The van der Waals surface area contributed by atoms with Crippen molar-refractivity contribution in [2.45, 2.75) is 39.5 Å². The maximum atomic E-state index is 12.3. The van der Waals surface area contributed by atoms with Crippen LogP contribution in [0.25, 0.3) is 0 Å². The molecule has 2 nitrogen and oxygen atoms in total. The molecule has 0 spiro atoms. The van der Waals surface area contributed by atoms with E-state index in [1.807, 2.05) is 12.2 Å². The van der Waals surface area contributed by atoms with Gasteiger partial charge in [-0.1, -0.05) is 31.6 Å². The summed E-state index contributed by atoms with van der Waals surface area (Å²) in [5.74, 6) is 2.00. The van der Waals surface area contributed by atoms with Crippen molar-refractivity contribution >= 4 is 11.6 Å². The van der Waals surface area contributed by atoms with E-state index in [4.69, 9.17) is 0 Å². The summed E-state index contributed by atoms with van der Waals surface area (Å²) in [4.78, 5) is 23.9. The van der Waals surface area contributed by atoms with E-state index in [2.05, 4.69) is 26.0 Å². The molecule has 0 unspecified atom stereocenters. The number of hydrogen-bond donors (Lipinski definition) is 0. The Morgan fingerprint density at radius 1 is 1.14 bits per heavy atom. The van der Waals surface area contributed by atoms with Gasteiger partial charge in [-0.2, -0.15) is 0 Å². The van der Waals surface area contributed by atoms with Gasteiger partial charge in [0, 0.05) is 10.8 Å². The molecule has 110 valence electrons. The first-order valence-corrected chi connectivity index (χ1v) is 8.12. The van der Waals surface area contributed by atoms with Crippen molar-refractivity contribution in [3.63, 3.8) is 0 Å². The minimum atomic E-state index is -0.160. The zero-order chi connectivity index (χ0) is 14.8. The lowest BCUT2D eigenvalue weighted by molar-refractivity contribution is -0.129. The molecule has 4 aliphatic carbocycles. The Hall–Kier alpha value is -1.44. The zero-order valence-electron chi connectivity index (χ0n) is 12.8. The van der Waals surface area contributed by atoms with Crippen LogP contribution < -0.4 is 0 Å². The smallest absolute Gasteiger partial charge is 0.178 e. The van der Waals surface area contributed by atoms with Gasteiger partial charge in [0.15, 0.2) is 11.6 Å². The van der Waals surface area contributed by atoms with Crippen LogP contribution in [0.15, 0.2) is 36.0 Å². The Labute approximate surface area is 126 Å². The Morgan fingerprint density at radius 3 is 2.76 bits per heavy atom. The van der Waals surface area contributed by atoms with Crippen LogP contribution in [-0.2, 0) is 9.59 Å². The van der Waals surface area contributed by atoms with Crippen LogP contribution in [0.5, 0.6) is 0 Å². The zero-order valence-corrected chi connectivity index (χ0v) is 12.8. The number of rotatable bonds is 0. The number of carbonyl (C=O) groups excluding carboxylic acids is 2. The van der Waals surface area contributed by atoms with E-state index >= 15 is 0 Å². The molecule has 2 saturated carbocycles. The number of allylic oxidation sites excluding steroid dienone is 6. The lowest BCUT2D eigenvalue weighted by Gasteiger charge is -2.55. The Bertz CT molecular complexity index is 623. The van der Waals surface area contributed by atoms with Crippen LogP contribution in [0, 0.1) is 28.6 Å². The van der Waals surface area contributed by atoms with Crippen LogP contribution in [-0.4, -0.2) is 11.6 Å². The van der Waals surface area contributed by atoms with E-state index in [0.717, 1.165) is 25.7 Å². The van der Waals surface area contributed by atoms with Gasteiger partial charge in [0.05, 0.1) is 0 Å². The Kier molecular flexibility index (Phi) is 2.56. The van der Waals surface area contributed by atoms with Crippen molar-refractivity contribution in [1.82, 2.24) is 0 Å². The predicted molar refractivity (Wildman–Crippen MR) is 81.5 cm³/mol. The van der Waals surface area contributed by atoms with Gasteiger partial charge in [-0.3, -0.25) is 9.59 Å². The van der Waals surface area contributed by atoms with Crippen molar-refractivity contribution in [2.24, 2.45) is 28.6 Å². The molecule has 21 heavy (non-hydrogen) atoms. The molecule has 0 amide bonds. The fraction of sp³-hybridized carbons (Fsp3) is 0.579. The van der Waals surface area contributed by atoms with Gasteiger partial charge in [-0.15, -0.1) is 0 Å². The van der Waals surface area contributed by atoms with Crippen LogP contribution in [0.1, 0.15) is 39.5 Å². The molecule has 0 aromatic heterocycles. The van der Waals surface area contributed by atoms with Gasteiger partial charge in [0.1, 0.15) is 0 Å². The largest absolute Gasteiger partial charge is 0.294 e. The number of hydrogen-bond acceptors (Lipinski definition) is 2. The molecule has 5 atom stereocenters. The molecule has 0 bridgehead atoms. The second-order valence-corrected chi connectivity index (χ2v) is 7.70. The van der Waals surface area contributed by atoms with Gasteiger partial charge in [0.2, 0.25) is 0 Å². The van der Waals surface area contributed by atoms with Crippen LogP contribution in [0.3, 0.4) is 0 Å². The van der Waals surface area contributed by atoms with E-state index in [-0.39, 0.29) is 16.6 Å². The van der Waals surface area contributed by atoms with E-state index in [1.165, 1.54) is 5.57 Å². The summed E-state index contributed by atoms with van der Waals surface area (Å²) >= 11 is 0. The van der Waals surface area contributed by atoms with E-state index in [0.29, 0.717) is 23.5 Å². The molecule has 0 aromatic carbocycles. The molecule has 4 rings (SSSR count). The molecule has 4 aliphatic rings. The highest BCUT2D eigenvalue weighted by Crippen LogP contribution is 2.62. The second kappa shape index (κ2) is 4.06. The first-order valence-electron chi connectivity index (χ1n) is 8.12. The Balaban J connectivity index is 1.74. The molecule has 0 aliphatic heterocycles. The first kappa shape index (κ1) is 13.2. The van der Waals surface area contributed by atoms with Crippen LogP contribution >= 0.6 is 0 Å². The highest BCUT2D eigenvalue weighted by Gasteiger charge is 2.56. The van der Waals surface area contributed by atoms with Gasteiger partial charge in [0.25, 0.3) is 0 Å². The van der Waals surface area contributed by atoms with Gasteiger partial charge < -0.3 is 0 Å². The minimum absolute atomic E-state index is 0.0254. The third-order valence-electron chi connectivity index (χ3n) is 6.83. The maximum Gasteiger partial charge on any atom is 0.178 e. The topological polar surface area (TPSA) is 34.1 Å². The fourth-order valence-electron chi connectivity index (χ4n) is 5.47. The lowest BCUT2D eigenvalue weighted by Crippen LogP contribution is -2.49. The van der Waals surface area contributed by atoms with E-state index in [1.54, 1.807) is 6.08 Å². The molecular weight excluding hydrogens is 260 g/mol. The molecule has 0 heterocycles. The molecular formula is C19H22O2. The minimum Gasteiger partial charge on any atom is -0.294 e. The second-order valence-electron chi connectivity index (χ2n) is 7.70. The van der Waals surface area contributed by atoms with E-state index in [9.17, 15) is 9.59 Å². The summed E-state index contributed by atoms with van der Waals surface area (Å²) in [5.41, 5.74) is 1.18. The van der Waals surface area contributed by atoms with Gasteiger partial charge in [-0.05, 0) is 61.7 Å². The standard InChI is InChI=1S/C19H22O2/c1-18-9-7-13(20)11-12(18)3-4-14-15-5-6-17(21)19(15,2)10-8-16(14)18/h5-7,9,11,14-16H,3-4,8,10H2,1-2H3/t14-,15-,16-,18-,19-/m0/s1. The number of ketones is 2. The average Bonchev–Trinajstić information content (AvgIpc) is 2.76. The van der Waals surface area contributed by atoms with Crippen molar-refractivity contribution in [3.8, 4) is 0 Å². The quantitative estimate of drug-likeness (QED) is 0.680. The summed E-state index contributed by atoms with van der Waals surface area (Å²) < 4.78 is 0. The molecule has 2 heteroatoms. The number of fused-ring (bicyclic) bond motifs is 5. The van der Waals surface area contributed by atoms with Crippen molar-refractivity contribution < 1.29 is 9.59 Å². The molecule has 2 fully saturated rings.